The molecule has 1 heteroatoms. The van der Waals surface area contributed by atoms with Crippen LogP contribution in [0.25, 0.3) is 44.2 Å². The van der Waals surface area contributed by atoms with Crippen LogP contribution in [0.2, 0.25) is 0 Å². The average Bonchev–Trinajstić information content (AvgIpc) is 3.34. The summed E-state index contributed by atoms with van der Waals surface area (Å²) in [6.07, 6.45) is 0. The summed E-state index contributed by atoms with van der Waals surface area (Å²) < 4.78 is 0. The van der Waals surface area contributed by atoms with Crippen LogP contribution in [0, 0.1) is 0 Å². The van der Waals surface area contributed by atoms with E-state index in [1.807, 2.05) is 0 Å². The Morgan fingerprint density at radius 3 is 1.83 bits per heavy atom. The maximum atomic E-state index is 2.47. The SMILES string of the molecule is CC(C)(C)c1ccc(N(c2ccc3c(c2)C(C)(C)c2ccccc2-3)c2ccc3ccccc3c2-c2ccc(-c3ccccc3)cc2)cc1. The fourth-order valence-electron chi connectivity index (χ4n) is 7.58. The third-order valence-electron chi connectivity index (χ3n) is 10.2. The van der Waals surface area contributed by atoms with Crippen LogP contribution in [0.3, 0.4) is 0 Å². The highest BCUT2D eigenvalue weighted by atomic mass is 15.1. The summed E-state index contributed by atoms with van der Waals surface area (Å²) in [7, 11) is 0. The van der Waals surface area contributed by atoms with Gasteiger partial charge in [0.25, 0.3) is 0 Å². The van der Waals surface area contributed by atoms with Gasteiger partial charge >= 0.3 is 0 Å². The van der Waals surface area contributed by atoms with Gasteiger partial charge in [0, 0.05) is 22.4 Å². The van der Waals surface area contributed by atoms with Crippen molar-refractivity contribution in [1.82, 2.24) is 0 Å². The van der Waals surface area contributed by atoms with Crippen LogP contribution in [0.4, 0.5) is 17.1 Å². The highest BCUT2D eigenvalue weighted by Gasteiger charge is 2.36. The Bertz CT molecular complexity index is 2270. The van der Waals surface area contributed by atoms with Crippen molar-refractivity contribution in [3.8, 4) is 33.4 Å². The molecule has 7 aromatic rings. The molecule has 48 heavy (non-hydrogen) atoms. The lowest BCUT2D eigenvalue weighted by atomic mass is 9.82. The standard InChI is InChI=1S/C47H41N/c1-46(2,3)36-24-26-37(27-25-36)48(38-28-29-41-40-17-11-12-18-42(40)47(4,5)43(41)31-38)44-30-23-34-15-9-10-16-39(34)45(44)35-21-19-33(20-22-35)32-13-7-6-8-14-32/h6-31H,1-5H3. The van der Waals surface area contributed by atoms with Crippen molar-refractivity contribution in [2.24, 2.45) is 0 Å². The Hall–Kier alpha value is -5.40. The van der Waals surface area contributed by atoms with Crippen LogP contribution in [0.15, 0.2) is 158 Å². The van der Waals surface area contributed by atoms with Crippen LogP contribution in [-0.4, -0.2) is 0 Å². The van der Waals surface area contributed by atoms with Gasteiger partial charge < -0.3 is 4.90 Å². The number of fused-ring (bicyclic) bond motifs is 4. The van der Waals surface area contributed by atoms with Crippen molar-refractivity contribution in [2.45, 2.75) is 45.4 Å². The fourth-order valence-corrected chi connectivity index (χ4v) is 7.58. The Morgan fingerprint density at radius 1 is 0.479 bits per heavy atom. The highest BCUT2D eigenvalue weighted by Crippen LogP contribution is 2.52. The van der Waals surface area contributed by atoms with Crippen molar-refractivity contribution in [1.29, 1.82) is 0 Å². The second kappa shape index (κ2) is 11.4. The van der Waals surface area contributed by atoms with Gasteiger partial charge in [-0.3, -0.25) is 0 Å². The van der Waals surface area contributed by atoms with Gasteiger partial charge in [0.2, 0.25) is 0 Å². The van der Waals surface area contributed by atoms with Crippen molar-refractivity contribution < 1.29 is 0 Å². The third kappa shape index (κ3) is 5.02. The predicted molar refractivity (Wildman–Crippen MR) is 206 cm³/mol. The molecular formula is C47H41N. The molecule has 0 saturated heterocycles. The minimum atomic E-state index is -0.0941. The van der Waals surface area contributed by atoms with Gasteiger partial charge in [0.05, 0.1) is 5.69 Å². The molecule has 0 saturated carbocycles. The predicted octanol–water partition coefficient (Wildman–Crippen LogP) is 13.2. The molecule has 0 bridgehead atoms. The summed E-state index contributed by atoms with van der Waals surface area (Å²) in [6.45, 7) is 11.6. The van der Waals surface area contributed by atoms with Crippen molar-refractivity contribution in [2.75, 3.05) is 4.90 Å². The summed E-state index contributed by atoms with van der Waals surface area (Å²) in [6, 6.07) is 58.2. The maximum Gasteiger partial charge on any atom is 0.0546 e. The molecule has 1 nitrogen and oxygen atoms in total. The third-order valence-corrected chi connectivity index (χ3v) is 10.2. The van der Waals surface area contributed by atoms with Gasteiger partial charge in [-0.15, -0.1) is 0 Å². The van der Waals surface area contributed by atoms with Crippen molar-refractivity contribution in [3.05, 3.63) is 174 Å². The molecule has 0 fully saturated rings. The van der Waals surface area contributed by atoms with Gasteiger partial charge in [-0.1, -0.05) is 162 Å². The smallest absolute Gasteiger partial charge is 0.0546 e. The van der Waals surface area contributed by atoms with E-state index in [2.05, 4.69) is 197 Å². The largest absolute Gasteiger partial charge is 0.310 e. The van der Waals surface area contributed by atoms with E-state index in [1.165, 1.54) is 60.8 Å². The molecule has 0 unspecified atom stereocenters. The van der Waals surface area contributed by atoms with Crippen molar-refractivity contribution >= 4 is 27.8 Å². The van der Waals surface area contributed by atoms with E-state index in [1.54, 1.807) is 0 Å². The normalized spacial score (nSPS) is 13.3. The molecule has 1 aliphatic rings. The van der Waals surface area contributed by atoms with E-state index < -0.39 is 0 Å². The molecule has 234 valence electrons. The Balaban J connectivity index is 1.36. The van der Waals surface area contributed by atoms with Gasteiger partial charge in [0.15, 0.2) is 0 Å². The molecule has 8 rings (SSSR count). The summed E-state index contributed by atoms with van der Waals surface area (Å²) in [5, 5.41) is 2.48. The highest BCUT2D eigenvalue weighted by molar-refractivity contribution is 6.05. The minimum absolute atomic E-state index is 0.0708. The van der Waals surface area contributed by atoms with Crippen LogP contribution < -0.4 is 4.90 Å². The second-order valence-electron chi connectivity index (χ2n) is 14.7. The Morgan fingerprint density at radius 2 is 1.08 bits per heavy atom. The number of benzene rings is 7. The van der Waals surface area contributed by atoms with Gasteiger partial charge in [-0.05, 0) is 91.0 Å². The minimum Gasteiger partial charge on any atom is -0.310 e. The number of hydrogen-bond acceptors (Lipinski definition) is 1. The van der Waals surface area contributed by atoms with E-state index in [0.717, 1.165) is 17.1 Å². The zero-order valence-electron chi connectivity index (χ0n) is 28.5. The van der Waals surface area contributed by atoms with Crippen LogP contribution in [-0.2, 0) is 10.8 Å². The first-order valence-electron chi connectivity index (χ1n) is 17.0. The van der Waals surface area contributed by atoms with Gasteiger partial charge in [-0.2, -0.15) is 0 Å². The summed E-state index contributed by atoms with van der Waals surface area (Å²) in [5.74, 6) is 0. The van der Waals surface area contributed by atoms with Gasteiger partial charge in [0.1, 0.15) is 0 Å². The zero-order chi connectivity index (χ0) is 33.0. The summed E-state index contributed by atoms with van der Waals surface area (Å²) >= 11 is 0. The first-order valence-corrected chi connectivity index (χ1v) is 17.0. The molecule has 0 spiro atoms. The maximum absolute atomic E-state index is 2.47. The summed E-state index contributed by atoms with van der Waals surface area (Å²) in [4.78, 5) is 2.47. The molecular weight excluding hydrogens is 579 g/mol. The molecule has 0 radical (unpaired) electrons. The number of rotatable bonds is 5. The van der Waals surface area contributed by atoms with E-state index >= 15 is 0 Å². The van der Waals surface area contributed by atoms with E-state index in [4.69, 9.17) is 0 Å². The van der Waals surface area contributed by atoms with Gasteiger partial charge in [-0.25, -0.2) is 0 Å². The second-order valence-corrected chi connectivity index (χ2v) is 14.7. The molecule has 0 amide bonds. The molecule has 1 aliphatic carbocycles. The lowest BCUT2D eigenvalue weighted by Crippen LogP contribution is -2.17. The first kappa shape index (κ1) is 30.0. The fraction of sp³-hybridized carbons (Fsp3) is 0.149. The molecule has 0 aromatic heterocycles. The lowest BCUT2D eigenvalue weighted by Gasteiger charge is -2.31. The number of hydrogen-bond donors (Lipinski definition) is 0. The number of nitrogens with zero attached hydrogens (tertiary/aromatic N) is 1. The first-order chi connectivity index (χ1) is 23.2. The molecule has 0 atom stereocenters. The van der Waals surface area contributed by atoms with E-state index in [9.17, 15) is 0 Å². The quantitative estimate of drug-likeness (QED) is 0.185. The average molecular weight is 620 g/mol. The van der Waals surface area contributed by atoms with E-state index in [0.29, 0.717) is 0 Å². The molecule has 7 aromatic carbocycles. The van der Waals surface area contributed by atoms with E-state index in [-0.39, 0.29) is 10.8 Å². The monoisotopic (exact) mass is 619 g/mol. The Kier molecular flexibility index (Phi) is 7.11. The Labute approximate surface area is 285 Å². The molecule has 0 heterocycles. The molecule has 0 N–H and O–H groups in total. The summed E-state index contributed by atoms with van der Waals surface area (Å²) in [5.41, 5.74) is 15.1. The topological polar surface area (TPSA) is 3.24 Å². The van der Waals surface area contributed by atoms with Crippen LogP contribution in [0.5, 0.6) is 0 Å². The zero-order valence-corrected chi connectivity index (χ0v) is 28.5. The van der Waals surface area contributed by atoms with Crippen LogP contribution >= 0.6 is 0 Å². The molecule has 0 aliphatic heterocycles. The van der Waals surface area contributed by atoms with Crippen molar-refractivity contribution in [3.63, 3.8) is 0 Å². The van der Waals surface area contributed by atoms with Crippen LogP contribution in [0.1, 0.15) is 51.3 Å². The lowest BCUT2D eigenvalue weighted by molar-refractivity contribution is 0.590. The number of anilines is 3.